The minimum Gasteiger partial charge on any atom is -0.510 e. The fourth-order valence-corrected chi connectivity index (χ4v) is 13.7. The predicted molar refractivity (Wildman–Crippen MR) is 332 cm³/mol. The Bertz CT molecular complexity index is 5620. The van der Waals surface area contributed by atoms with Gasteiger partial charge in [0.25, 0.3) is 6.33 Å². The Morgan fingerprint density at radius 1 is 0.519 bits per heavy atom. The summed E-state index contributed by atoms with van der Waals surface area (Å²) >= 11 is 0. The Morgan fingerprint density at radius 3 is 1.74 bits per heavy atom. The number of para-hydroxylation sites is 3. The summed E-state index contributed by atoms with van der Waals surface area (Å²) in [5, 5.41) is -2.36. The maximum atomic E-state index is 11.0. The largest absolute Gasteiger partial charge is 0.510 e. The van der Waals surface area contributed by atoms with Gasteiger partial charge in [0.15, 0.2) is 8.07 Å². The van der Waals surface area contributed by atoms with Gasteiger partial charge in [0.05, 0.1) is 49.6 Å². The minimum atomic E-state index is -6.41. The molecular weight excluding hydrogens is 1180 g/mol. The van der Waals surface area contributed by atoms with Crippen molar-refractivity contribution in [3.8, 4) is 50.9 Å². The number of aromatic nitrogens is 4. The topological polar surface area (TPSA) is 35.9 Å². The van der Waals surface area contributed by atoms with Gasteiger partial charge in [-0.1, -0.05) is 247 Å². The molecule has 0 N–H and O–H groups in total. The monoisotopic (exact) mass is 1270 g/mol. The van der Waals surface area contributed by atoms with Crippen LogP contribution in [0.25, 0.3) is 72.3 Å². The van der Waals surface area contributed by atoms with Crippen molar-refractivity contribution >= 4 is 61.7 Å². The van der Waals surface area contributed by atoms with Crippen LogP contribution in [0.3, 0.4) is 0 Å². The summed E-state index contributed by atoms with van der Waals surface area (Å²) in [5.41, 5.74) is 0.671. The fourth-order valence-electron chi connectivity index (χ4n) is 10.1. The third-order valence-electron chi connectivity index (χ3n) is 14.0. The Labute approximate surface area is 524 Å². The summed E-state index contributed by atoms with van der Waals surface area (Å²) in [6, 6.07) is 12.1. The smallest absolute Gasteiger partial charge is 0.268 e. The van der Waals surface area contributed by atoms with Crippen molar-refractivity contribution in [1.82, 2.24) is 14.1 Å². The second-order valence-electron chi connectivity index (χ2n) is 21.0. The van der Waals surface area contributed by atoms with Crippen LogP contribution in [0.1, 0.15) is 85.6 Å². The van der Waals surface area contributed by atoms with Crippen LogP contribution in [-0.4, -0.2) is 22.2 Å². The van der Waals surface area contributed by atoms with Crippen LogP contribution in [0.2, 0.25) is 0 Å². The number of nitrogens with zero attached hydrogens (tertiary/aromatic N) is 4. The summed E-state index contributed by atoms with van der Waals surface area (Å²) in [7, 11) is -6.41. The number of ether oxygens (including phenoxy) is 1. The molecule has 10 aromatic carbocycles. The van der Waals surface area contributed by atoms with Gasteiger partial charge in [0.1, 0.15) is 5.82 Å². The molecule has 13 aromatic rings. The molecule has 7 heteroatoms. The molecule has 0 spiro atoms. The first-order valence-corrected chi connectivity index (χ1v) is 27.6. The summed E-state index contributed by atoms with van der Waals surface area (Å²) in [4.78, 5) is 4.81. The fraction of sp³-hybridized carbons (Fsp3) is 0.108. The number of pyridine rings is 1. The van der Waals surface area contributed by atoms with E-state index < -0.39 is 190 Å². The minimum absolute atomic E-state index is 0. The molecule has 0 bridgehead atoms. The van der Waals surface area contributed by atoms with Crippen molar-refractivity contribution in [3.63, 3.8) is 0 Å². The summed E-state index contributed by atoms with van der Waals surface area (Å²) in [6.07, 6.45) is 5.16. The molecule has 0 saturated carbocycles. The predicted octanol–water partition coefficient (Wildman–Crippen LogP) is 14.9. The molecule has 13 rings (SSSR count). The van der Waals surface area contributed by atoms with E-state index in [1.165, 1.54) is 10.6 Å². The molecule has 0 amide bonds. The van der Waals surface area contributed by atoms with Crippen molar-refractivity contribution in [1.29, 1.82) is 0 Å². The molecule has 3 aromatic heterocycles. The zero-order valence-corrected chi connectivity index (χ0v) is 47.7. The molecule has 3 heterocycles. The zero-order valence-electron chi connectivity index (χ0n) is 68.4. The van der Waals surface area contributed by atoms with E-state index >= 15 is 0 Å². The zero-order chi connectivity index (χ0) is 75.5. The van der Waals surface area contributed by atoms with Gasteiger partial charge < -0.3 is 13.9 Å². The molecule has 0 saturated heterocycles. The molecule has 0 fully saturated rings. The van der Waals surface area contributed by atoms with Gasteiger partial charge in [-0.15, -0.1) is 29.7 Å². The first kappa shape index (κ1) is 31.9. The number of fused-ring (bicyclic) bond motifs is 4. The third-order valence-corrected chi connectivity index (χ3v) is 18.0. The Kier molecular flexibility index (Phi) is 8.45. The van der Waals surface area contributed by atoms with Crippen molar-refractivity contribution in [2.75, 3.05) is 0 Å². The first-order chi connectivity index (χ1) is 48.9. The van der Waals surface area contributed by atoms with Gasteiger partial charge in [-0.3, -0.25) is 4.57 Å². The SMILES string of the molecule is [2H]c1c([2H])c([2H])c(-c2cc(C(C)(C)C)cc(-c3c([2H])c([2H])c([2H])c([Si](c4c([2H])c([2H])c([2H])c([2H])c4[2H])(c4c([2H])c([2H])c([2H])c([2H])c4[2H])c4c([2H])c([2H])c([2H])c([2H])c4[2H])c3[2H])c2-[n+]2[c-]n(-c3[c-]c(Oc4[c-]c5c(cc4)c4ccccc4n5-c4cc(C(C)(C)C)ccn4)ccc3)c3ccccc32)c([2H])c1[2H].[Pt]. The van der Waals surface area contributed by atoms with E-state index in [0.717, 1.165) is 21.9 Å². The average Bonchev–Trinajstić information content (AvgIpc) is 1.33. The molecular formula is C74H60N4OPtSi-2. The number of rotatable bonds is 11. The van der Waals surface area contributed by atoms with E-state index in [0.29, 0.717) is 22.6 Å². The quantitative estimate of drug-likeness (QED) is 0.0560. The van der Waals surface area contributed by atoms with E-state index in [-0.39, 0.29) is 65.8 Å². The normalized spacial score (nSPS) is 16.1. The maximum Gasteiger partial charge on any atom is 0.268 e. The van der Waals surface area contributed by atoms with Crippen LogP contribution in [0.5, 0.6) is 11.5 Å². The van der Waals surface area contributed by atoms with Crippen molar-refractivity contribution in [3.05, 3.63) is 284 Å². The number of hydrogen-bond acceptors (Lipinski definition) is 2. The van der Waals surface area contributed by atoms with Crippen LogP contribution < -0.4 is 30.1 Å². The Hall–Kier alpha value is -8.67. The maximum absolute atomic E-state index is 11.0. The van der Waals surface area contributed by atoms with E-state index in [9.17, 15) is 24.7 Å². The van der Waals surface area contributed by atoms with Crippen LogP contribution in [-0.2, 0) is 31.9 Å². The van der Waals surface area contributed by atoms with Crippen molar-refractivity contribution in [2.45, 2.75) is 52.4 Å². The molecule has 0 unspecified atom stereocenters. The molecule has 0 aliphatic heterocycles. The molecule has 0 radical (unpaired) electrons. The van der Waals surface area contributed by atoms with Crippen molar-refractivity contribution in [2.24, 2.45) is 0 Å². The van der Waals surface area contributed by atoms with Gasteiger partial charge in [0.2, 0.25) is 0 Å². The standard InChI is InChI=1S/C74H60N4OSi.Pt/c1-73(2,3)54-43-44-75-71(48-54)78-67-38-20-19-37-63(67)64-42-41-58(50-70(64)78)79-57-29-24-28-56(49-57)76-51-77(69-40-22-21-39-68(69)76)72-65(52-25-11-7-12-26-52)46-55(74(4,5)6)47-66(72)53-27-23-36-62(45-53)80(59-30-13-8-14-31-59,60-32-15-9-16-33-60)61-34-17-10-18-35-61;/h7-48H,1-6H3;/q-2;/i7D,8D,9D,10D,11D,12D,13D,14D,15D,16D,17D,18D,23D,25D,26D,27D,30D,31D,32D,33D,34D,35D,36D,45D;. The van der Waals surface area contributed by atoms with Crippen LogP contribution in [0, 0.1) is 18.5 Å². The van der Waals surface area contributed by atoms with Gasteiger partial charge in [-0.25, -0.2) is 4.98 Å². The summed E-state index contributed by atoms with van der Waals surface area (Å²) in [5.74, 6) is 1.15. The molecule has 0 atom stereocenters. The van der Waals surface area contributed by atoms with E-state index in [1.807, 2.05) is 47.0 Å². The van der Waals surface area contributed by atoms with E-state index in [4.69, 9.17) is 17.9 Å². The molecule has 0 aliphatic rings. The first-order valence-electron chi connectivity index (χ1n) is 37.6. The summed E-state index contributed by atoms with van der Waals surface area (Å²) in [6.45, 7) is 11.6. The molecule has 81 heavy (non-hydrogen) atoms. The summed E-state index contributed by atoms with van der Waals surface area (Å²) < 4.78 is 239. The van der Waals surface area contributed by atoms with E-state index in [2.05, 4.69) is 39.2 Å². The van der Waals surface area contributed by atoms with Crippen LogP contribution in [0.15, 0.2) is 254 Å². The van der Waals surface area contributed by atoms with Gasteiger partial charge >= 0.3 is 0 Å². The molecule has 0 aliphatic carbocycles. The average molecular weight is 1270 g/mol. The molecule has 398 valence electrons. The second-order valence-corrected chi connectivity index (χ2v) is 24.5. The number of benzene rings is 10. The number of imidazole rings is 1. The van der Waals surface area contributed by atoms with Crippen molar-refractivity contribution < 1.29 is 63.3 Å². The number of hydrogen-bond donors (Lipinski definition) is 0. The van der Waals surface area contributed by atoms with Gasteiger partial charge in [-0.2, -0.15) is 18.2 Å². The van der Waals surface area contributed by atoms with Gasteiger partial charge in [0, 0.05) is 44.3 Å². The van der Waals surface area contributed by atoms with Crippen LogP contribution >= 0.6 is 0 Å². The molecule has 5 nitrogen and oxygen atoms in total. The van der Waals surface area contributed by atoms with Crippen LogP contribution in [0.4, 0.5) is 0 Å². The Morgan fingerprint density at radius 2 is 1.09 bits per heavy atom. The third kappa shape index (κ3) is 9.67. The Balaban J connectivity index is 0.0000104. The van der Waals surface area contributed by atoms with E-state index in [1.54, 1.807) is 86.1 Å². The second kappa shape index (κ2) is 21.4. The van der Waals surface area contributed by atoms with Gasteiger partial charge in [-0.05, 0) is 94.2 Å².